The Morgan fingerprint density at radius 1 is 1.11 bits per heavy atom. The average Bonchev–Trinajstić information content (AvgIpc) is 3.18. The van der Waals surface area contributed by atoms with Gasteiger partial charge in [-0.05, 0) is 37.3 Å². The lowest BCUT2D eigenvalue weighted by Crippen LogP contribution is -2.33. The first-order chi connectivity index (χ1) is 13.6. The van der Waals surface area contributed by atoms with Crippen LogP contribution in [0.15, 0.2) is 69.5 Å². The van der Waals surface area contributed by atoms with Gasteiger partial charge in [-0.25, -0.2) is 4.57 Å². The fourth-order valence-corrected chi connectivity index (χ4v) is 5.30. The fraction of sp³-hybridized carbons (Fsp3) is 0.182. The SMILES string of the molecule is CCn1c(=O)/c(=C/C=C2\Sc3ccccc3N2C)s/c1=C\c1cccc[n+]1C. The predicted octanol–water partition coefficient (Wildman–Crippen LogP) is 2.45. The number of thioether (sulfide) groups is 1. The largest absolute Gasteiger partial charge is 0.338 e. The van der Waals surface area contributed by atoms with Gasteiger partial charge in [-0.2, -0.15) is 0 Å². The first kappa shape index (κ1) is 18.8. The van der Waals surface area contributed by atoms with Crippen molar-refractivity contribution >= 4 is 40.9 Å². The molecule has 28 heavy (non-hydrogen) atoms. The van der Waals surface area contributed by atoms with Crippen molar-refractivity contribution < 1.29 is 4.57 Å². The predicted molar refractivity (Wildman–Crippen MR) is 118 cm³/mol. The summed E-state index contributed by atoms with van der Waals surface area (Å²) in [6, 6.07) is 14.4. The monoisotopic (exact) mass is 408 g/mol. The average molecular weight is 409 g/mol. The second kappa shape index (κ2) is 7.81. The van der Waals surface area contributed by atoms with Crippen LogP contribution in [0.25, 0.3) is 12.2 Å². The van der Waals surface area contributed by atoms with Crippen LogP contribution in [0.1, 0.15) is 12.6 Å². The normalized spacial score (nSPS) is 16.2. The molecule has 0 atom stereocenters. The van der Waals surface area contributed by atoms with Crippen molar-refractivity contribution in [2.45, 2.75) is 18.4 Å². The Morgan fingerprint density at radius 2 is 1.89 bits per heavy atom. The minimum Gasteiger partial charge on any atom is -0.338 e. The molecule has 0 saturated carbocycles. The minimum absolute atomic E-state index is 0.0670. The number of hydrogen-bond acceptors (Lipinski definition) is 4. The summed E-state index contributed by atoms with van der Waals surface area (Å²) in [6.07, 6.45) is 8.08. The van der Waals surface area contributed by atoms with E-state index in [1.54, 1.807) is 11.8 Å². The number of aromatic nitrogens is 2. The number of aryl methyl sites for hydroxylation is 1. The summed E-state index contributed by atoms with van der Waals surface area (Å²) >= 11 is 3.27. The maximum absolute atomic E-state index is 12.9. The maximum atomic E-state index is 12.9. The summed E-state index contributed by atoms with van der Waals surface area (Å²) in [5.74, 6) is 0. The van der Waals surface area contributed by atoms with Gasteiger partial charge in [-0.1, -0.05) is 23.9 Å². The summed E-state index contributed by atoms with van der Waals surface area (Å²) in [6.45, 7) is 2.66. The van der Waals surface area contributed by atoms with E-state index in [-0.39, 0.29) is 5.56 Å². The van der Waals surface area contributed by atoms with Crippen LogP contribution in [0.2, 0.25) is 0 Å². The Labute approximate surface area is 172 Å². The number of fused-ring (bicyclic) bond motifs is 1. The number of nitrogens with zero attached hydrogens (tertiary/aromatic N) is 3. The van der Waals surface area contributed by atoms with Crippen LogP contribution in [0.4, 0.5) is 5.69 Å². The molecule has 1 aromatic carbocycles. The number of pyridine rings is 1. The Balaban J connectivity index is 1.77. The third-order valence-corrected chi connectivity index (χ3v) is 7.03. The van der Waals surface area contributed by atoms with Crippen LogP contribution < -0.4 is 24.2 Å². The van der Waals surface area contributed by atoms with Crippen molar-refractivity contribution in [1.82, 2.24) is 4.57 Å². The van der Waals surface area contributed by atoms with E-state index in [1.807, 2.05) is 55.1 Å². The van der Waals surface area contributed by atoms with Gasteiger partial charge in [0.1, 0.15) is 11.7 Å². The second-order valence-corrected chi connectivity index (χ2v) is 8.66. The molecule has 2 aromatic heterocycles. The van der Waals surface area contributed by atoms with Crippen molar-refractivity contribution in [3.8, 4) is 0 Å². The third kappa shape index (κ3) is 3.45. The lowest BCUT2D eigenvalue weighted by atomic mass is 10.3. The molecule has 3 heterocycles. The summed E-state index contributed by atoms with van der Waals surface area (Å²) in [7, 11) is 4.07. The van der Waals surface area contributed by atoms with Gasteiger partial charge in [0, 0.05) is 36.7 Å². The van der Waals surface area contributed by atoms with Crippen LogP contribution in [-0.4, -0.2) is 11.6 Å². The fourth-order valence-electron chi connectivity index (χ4n) is 3.18. The minimum atomic E-state index is 0.0670. The molecule has 0 radical (unpaired) electrons. The van der Waals surface area contributed by atoms with Gasteiger partial charge < -0.3 is 4.90 Å². The number of hydrogen-bond donors (Lipinski definition) is 0. The van der Waals surface area contributed by atoms with Crippen molar-refractivity contribution in [1.29, 1.82) is 0 Å². The molecule has 1 aliphatic heterocycles. The van der Waals surface area contributed by atoms with Crippen molar-refractivity contribution in [3.05, 3.63) is 85.0 Å². The molecule has 0 bridgehead atoms. The summed E-state index contributed by atoms with van der Waals surface area (Å²) in [5, 5.41) is 1.12. The molecule has 0 amide bonds. The molecule has 1 aliphatic rings. The van der Waals surface area contributed by atoms with E-state index < -0.39 is 0 Å². The molecule has 0 aliphatic carbocycles. The topological polar surface area (TPSA) is 29.1 Å². The highest BCUT2D eigenvalue weighted by Crippen LogP contribution is 2.44. The lowest BCUT2D eigenvalue weighted by molar-refractivity contribution is -0.673. The smallest absolute Gasteiger partial charge is 0.269 e. The highest BCUT2D eigenvalue weighted by atomic mass is 32.2. The van der Waals surface area contributed by atoms with Crippen LogP contribution in [-0.2, 0) is 13.6 Å². The zero-order valence-electron chi connectivity index (χ0n) is 16.1. The summed E-state index contributed by atoms with van der Waals surface area (Å²) in [5.41, 5.74) is 2.34. The molecule has 0 unspecified atom stereocenters. The molecular formula is C22H22N3OS2+. The molecule has 3 aromatic rings. The molecule has 142 valence electrons. The van der Waals surface area contributed by atoms with E-state index in [0.717, 1.165) is 19.9 Å². The molecule has 0 N–H and O–H groups in total. The number of benzene rings is 1. The summed E-state index contributed by atoms with van der Waals surface area (Å²) in [4.78, 5) is 16.3. The third-order valence-electron chi connectivity index (χ3n) is 4.77. The second-order valence-electron chi connectivity index (χ2n) is 6.54. The van der Waals surface area contributed by atoms with Crippen LogP contribution in [0, 0.1) is 0 Å². The zero-order valence-corrected chi connectivity index (χ0v) is 17.8. The number of allylic oxidation sites excluding steroid dienone is 1. The van der Waals surface area contributed by atoms with Crippen LogP contribution in [0.5, 0.6) is 0 Å². The molecule has 0 fully saturated rings. The molecular weight excluding hydrogens is 386 g/mol. The van der Waals surface area contributed by atoms with Crippen molar-refractivity contribution in [3.63, 3.8) is 0 Å². The zero-order chi connectivity index (χ0) is 19.7. The van der Waals surface area contributed by atoms with Gasteiger partial charge in [0.05, 0.1) is 15.2 Å². The van der Waals surface area contributed by atoms with E-state index in [2.05, 4.69) is 46.9 Å². The van der Waals surface area contributed by atoms with E-state index in [0.29, 0.717) is 6.54 Å². The van der Waals surface area contributed by atoms with Crippen molar-refractivity contribution in [2.75, 3.05) is 11.9 Å². The van der Waals surface area contributed by atoms with E-state index in [1.165, 1.54) is 21.9 Å². The molecule has 6 heteroatoms. The highest BCUT2D eigenvalue weighted by Gasteiger charge is 2.20. The molecule has 0 saturated heterocycles. The van der Waals surface area contributed by atoms with Crippen molar-refractivity contribution in [2.24, 2.45) is 7.05 Å². The number of para-hydroxylation sites is 1. The molecule has 0 spiro atoms. The van der Waals surface area contributed by atoms with E-state index in [4.69, 9.17) is 0 Å². The van der Waals surface area contributed by atoms with Gasteiger partial charge in [-0.3, -0.25) is 9.36 Å². The van der Waals surface area contributed by atoms with Gasteiger partial charge in [0.25, 0.3) is 5.56 Å². The molecule has 4 rings (SSSR count). The van der Waals surface area contributed by atoms with Crippen LogP contribution >= 0.6 is 23.1 Å². The quantitative estimate of drug-likeness (QED) is 0.624. The number of thiazole rings is 1. The van der Waals surface area contributed by atoms with Gasteiger partial charge in [0.2, 0.25) is 5.69 Å². The first-order valence-corrected chi connectivity index (χ1v) is 10.8. The van der Waals surface area contributed by atoms with E-state index in [9.17, 15) is 4.79 Å². The Bertz CT molecular complexity index is 1240. The Morgan fingerprint density at radius 3 is 2.64 bits per heavy atom. The Hall–Kier alpha value is -2.57. The first-order valence-electron chi connectivity index (χ1n) is 9.17. The maximum Gasteiger partial charge on any atom is 0.269 e. The Kier molecular flexibility index (Phi) is 5.24. The standard InChI is InChI=1S/C22H22N3OS2/c1-4-25-21(15-16-9-7-8-14-23(16)2)28-19(22(25)26)12-13-20-24(3)17-10-5-6-11-18(17)27-20/h5-15H,4H2,1-3H3/q+1/b19-12-,20-13-. The number of rotatable bonds is 3. The van der Waals surface area contributed by atoms with Gasteiger partial charge in [0.15, 0.2) is 6.20 Å². The van der Waals surface area contributed by atoms with Gasteiger partial charge >= 0.3 is 0 Å². The highest BCUT2D eigenvalue weighted by molar-refractivity contribution is 8.03. The van der Waals surface area contributed by atoms with E-state index >= 15 is 0 Å². The van der Waals surface area contributed by atoms with Gasteiger partial charge in [-0.15, -0.1) is 11.3 Å². The number of anilines is 1. The molecule has 4 nitrogen and oxygen atoms in total. The summed E-state index contributed by atoms with van der Waals surface area (Å²) < 4.78 is 5.61. The van der Waals surface area contributed by atoms with Crippen LogP contribution in [0.3, 0.4) is 0 Å². The lowest BCUT2D eigenvalue weighted by Gasteiger charge is -2.12.